The minimum atomic E-state index is -4.05. The number of halogens is 2. The van der Waals surface area contributed by atoms with Crippen molar-refractivity contribution in [2.75, 3.05) is 11.4 Å². The Morgan fingerprint density at radius 3 is 2.55 bits per heavy atom. The van der Waals surface area contributed by atoms with Crippen LogP contribution in [0.1, 0.15) is 0 Å². The fraction of sp³-hybridized carbons (Fsp3) is 0.0526. The number of sulfonamides is 1. The van der Waals surface area contributed by atoms with E-state index in [2.05, 4.69) is 9.97 Å². The van der Waals surface area contributed by atoms with Crippen LogP contribution in [0.2, 0.25) is 10.0 Å². The van der Waals surface area contributed by atoms with Gasteiger partial charge in [0.15, 0.2) is 0 Å². The fourth-order valence-corrected chi connectivity index (χ4v) is 5.49. The third kappa shape index (κ3) is 3.64. The van der Waals surface area contributed by atoms with Crippen LogP contribution in [0.15, 0.2) is 65.3 Å². The molecule has 148 valence electrons. The van der Waals surface area contributed by atoms with Crippen molar-refractivity contribution in [2.45, 2.75) is 4.90 Å². The van der Waals surface area contributed by atoms with Gasteiger partial charge in [-0.1, -0.05) is 29.3 Å². The molecule has 6 nitrogen and oxygen atoms in total. The van der Waals surface area contributed by atoms with Gasteiger partial charge in [-0.05, 0) is 29.7 Å². The SMILES string of the molecule is COc1cc(Cl)c(Cl)cc1N(c1nccs1)S(=O)(=O)c1ccc2cnccc2c1. The summed E-state index contributed by atoms with van der Waals surface area (Å²) in [7, 11) is -2.62. The van der Waals surface area contributed by atoms with Crippen LogP contribution >= 0.6 is 34.5 Å². The lowest BCUT2D eigenvalue weighted by atomic mass is 10.2. The Morgan fingerprint density at radius 1 is 1.03 bits per heavy atom. The average molecular weight is 466 g/mol. The van der Waals surface area contributed by atoms with Gasteiger partial charge in [-0.15, -0.1) is 11.3 Å². The summed E-state index contributed by atoms with van der Waals surface area (Å²) in [5.41, 5.74) is 0.215. The van der Waals surface area contributed by atoms with Crippen LogP contribution in [0.4, 0.5) is 10.8 Å². The van der Waals surface area contributed by atoms with Gasteiger partial charge in [-0.2, -0.15) is 0 Å². The molecule has 0 saturated heterocycles. The van der Waals surface area contributed by atoms with Crippen LogP contribution in [0.3, 0.4) is 0 Å². The molecule has 0 fully saturated rings. The minimum absolute atomic E-state index is 0.0968. The maximum absolute atomic E-state index is 13.7. The molecular formula is C19H13Cl2N3O3S2. The van der Waals surface area contributed by atoms with Crippen LogP contribution < -0.4 is 9.04 Å². The molecule has 0 unspecified atom stereocenters. The van der Waals surface area contributed by atoms with Gasteiger partial charge < -0.3 is 4.74 Å². The topological polar surface area (TPSA) is 72.4 Å². The first-order chi connectivity index (χ1) is 13.9. The number of hydrogen-bond donors (Lipinski definition) is 0. The first-order valence-electron chi connectivity index (χ1n) is 8.23. The quantitative estimate of drug-likeness (QED) is 0.387. The van der Waals surface area contributed by atoms with Gasteiger partial charge in [0.25, 0.3) is 10.0 Å². The molecule has 4 aromatic rings. The van der Waals surface area contributed by atoms with E-state index in [4.69, 9.17) is 27.9 Å². The Morgan fingerprint density at radius 2 is 1.83 bits per heavy atom. The molecule has 10 heteroatoms. The van der Waals surface area contributed by atoms with Crippen molar-refractivity contribution in [3.8, 4) is 5.75 Å². The first kappa shape index (κ1) is 19.9. The number of rotatable bonds is 5. The van der Waals surface area contributed by atoms with E-state index in [0.717, 1.165) is 15.1 Å². The summed E-state index contributed by atoms with van der Waals surface area (Å²) in [4.78, 5) is 8.35. The highest BCUT2D eigenvalue weighted by Gasteiger charge is 2.31. The van der Waals surface area contributed by atoms with Crippen LogP contribution in [-0.4, -0.2) is 25.5 Å². The standard InChI is InChI=1S/C19H13Cl2N3O3S2/c1-27-18-10-16(21)15(20)9-17(18)24(19-23-6-7-28-19)29(25,26)14-3-2-13-11-22-5-4-12(13)8-14/h2-11H,1H3. The second-order valence-electron chi connectivity index (χ2n) is 5.91. The highest BCUT2D eigenvalue weighted by atomic mass is 35.5. The van der Waals surface area contributed by atoms with Crippen molar-refractivity contribution in [3.63, 3.8) is 0 Å². The summed E-state index contributed by atoms with van der Waals surface area (Å²) < 4.78 is 33.9. The molecule has 0 atom stereocenters. The van der Waals surface area contributed by atoms with Crippen molar-refractivity contribution in [2.24, 2.45) is 0 Å². The Balaban J connectivity index is 1.96. The number of methoxy groups -OCH3 is 1. The molecule has 2 heterocycles. The zero-order chi connectivity index (χ0) is 20.6. The number of pyridine rings is 1. The highest BCUT2D eigenvalue weighted by molar-refractivity contribution is 7.93. The highest BCUT2D eigenvalue weighted by Crippen LogP contribution is 2.43. The zero-order valence-corrected chi connectivity index (χ0v) is 18.1. The number of hydrogen-bond acceptors (Lipinski definition) is 6. The van der Waals surface area contributed by atoms with E-state index in [9.17, 15) is 8.42 Å². The van der Waals surface area contributed by atoms with E-state index in [-0.39, 0.29) is 31.5 Å². The second-order valence-corrected chi connectivity index (χ2v) is 9.38. The Hall–Kier alpha value is -2.39. The zero-order valence-electron chi connectivity index (χ0n) is 14.9. The molecule has 0 spiro atoms. The van der Waals surface area contributed by atoms with Gasteiger partial charge in [-0.3, -0.25) is 4.98 Å². The Bertz CT molecular complexity index is 1300. The molecule has 0 saturated carbocycles. The lowest BCUT2D eigenvalue weighted by Crippen LogP contribution is -2.26. The molecule has 0 radical (unpaired) electrons. The maximum atomic E-state index is 13.7. The number of aromatic nitrogens is 2. The molecule has 29 heavy (non-hydrogen) atoms. The second kappa shape index (κ2) is 7.79. The number of fused-ring (bicyclic) bond motifs is 1. The number of nitrogens with zero attached hydrogens (tertiary/aromatic N) is 3. The molecule has 0 amide bonds. The third-order valence-electron chi connectivity index (χ3n) is 4.18. The van der Waals surface area contributed by atoms with Crippen LogP contribution in [0.5, 0.6) is 5.75 Å². The molecular weight excluding hydrogens is 453 g/mol. The molecule has 0 aliphatic rings. The molecule has 0 aliphatic heterocycles. The summed E-state index contributed by atoms with van der Waals surface area (Å²) in [5.74, 6) is 0.253. The predicted molar refractivity (Wildman–Crippen MR) is 116 cm³/mol. The third-order valence-corrected chi connectivity index (χ3v) is 7.48. The number of benzene rings is 2. The smallest absolute Gasteiger partial charge is 0.270 e. The summed E-state index contributed by atoms with van der Waals surface area (Å²) >= 11 is 13.5. The Labute approximate surface area is 181 Å². The van der Waals surface area contributed by atoms with Crippen LogP contribution in [0.25, 0.3) is 10.8 Å². The van der Waals surface area contributed by atoms with Gasteiger partial charge in [-0.25, -0.2) is 17.7 Å². The summed E-state index contributed by atoms with van der Waals surface area (Å²) in [6.45, 7) is 0. The summed E-state index contributed by atoms with van der Waals surface area (Å²) in [6, 6.07) is 9.51. The minimum Gasteiger partial charge on any atom is -0.494 e. The largest absolute Gasteiger partial charge is 0.494 e. The lowest BCUT2D eigenvalue weighted by Gasteiger charge is -2.24. The number of anilines is 2. The Kier molecular flexibility index (Phi) is 5.35. The molecule has 2 aromatic carbocycles. The monoisotopic (exact) mass is 465 g/mol. The van der Waals surface area contributed by atoms with Crippen molar-refractivity contribution < 1.29 is 13.2 Å². The molecule has 0 bridgehead atoms. The van der Waals surface area contributed by atoms with Gasteiger partial charge in [0.05, 0.1) is 22.1 Å². The van der Waals surface area contributed by atoms with Crippen molar-refractivity contribution in [3.05, 3.63) is 70.4 Å². The number of thiazole rings is 1. The van der Waals surface area contributed by atoms with Crippen molar-refractivity contribution in [1.82, 2.24) is 9.97 Å². The lowest BCUT2D eigenvalue weighted by molar-refractivity contribution is 0.416. The van der Waals surface area contributed by atoms with E-state index in [1.165, 1.54) is 42.8 Å². The van der Waals surface area contributed by atoms with Gasteiger partial charge in [0.2, 0.25) is 5.13 Å². The number of ether oxygens (including phenoxy) is 1. The van der Waals surface area contributed by atoms with E-state index < -0.39 is 10.0 Å². The molecule has 0 aliphatic carbocycles. The molecule has 4 rings (SSSR count). The maximum Gasteiger partial charge on any atom is 0.270 e. The van der Waals surface area contributed by atoms with Gasteiger partial charge >= 0.3 is 0 Å². The van der Waals surface area contributed by atoms with Crippen molar-refractivity contribution >= 4 is 66.2 Å². The predicted octanol–water partition coefficient (Wildman–Crippen LogP) is 5.53. The summed E-state index contributed by atoms with van der Waals surface area (Å²) in [6.07, 6.45) is 4.81. The van der Waals surface area contributed by atoms with Crippen molar-refractivity contribution in [1.29, 1.82) is 0 Å². The van der Waals surface area contributed by atoms with Gasteiger partial charge in [0, 0.05) is 35.4 Å². The van der Waals surface area contributed by atoms with Crippen LogP contribution in [0, 0.1) is 0 Å². The average Bonchev–Trinajstić information content (AvgIpc) is 3.24. The molecule has 0 N–H and O–H groups in total. The molecule has 2 aromatic heterocycles. The van der Waals surface area contributed by atoms with E-state index in [1.807, 2.05) is 0 Å². The summed E-state index contributed by atoms with van der Waals surface area (Å²) in [5, 5.41) is 3.97. The normalized spacial score (nSPS) is 11.6. The van der Waals surface area contributed by atoms with Gasteiger partial charge in [0.1, 0.15) is 11.4 Å². The van der Waals surface area contributed by atoms with E-state index >= 15 is 0 Å². The fourth-order valence-electron chi connectivity index (χ4n) is 2.82. The van der Waals surface area contributed by atoms with E-state index in [0.29, 0.717) is 0 Å². The first-order valence-corrected chi connectivity index (χ1v) is 11.3. The van der Waals surface area contributed by atoms with E-state index in [1.54, 1.807) is 36.0 Å². The van der Waals surface area contributed by atoms with Crippen LogP contribution in [-0.2, 0) is 10.0 Å².